The lowest BCUT2D eigenvalue weighted by Gasteiger charge is -2.10. The van der Waals surface area contributed by atoms with Gasteiger partial charge in [0.25, 0.3) is 5.91 Å². The van der Waals surface area contributed by atoms with Crippen molar-refractivity contribution in [3.63, 3.8) is 0 Å². The van der Waals surface area contributed by atoms with Gasteiger partial charge in [-0.25, -0.2) is 4.98 Å². The zero-order chi connectivity index (χ0) is 14.8. The number of methoxy groups -OCH3 is 1. The van der Waals surface area contributed by atoms with Crippen molar-refractivity contribution in [1.29, 1.82) is 0 Å². The Bertz CT molecular complexity index is 393. The number of hydrogen-bond donors (Lipinski definition) is 2. The maximum Gasteiger partial charge on any atom is 0.269 e. The molecule has 6 heteroatoms. The van der Waals surface area contributed by atoms with Gasteiger partial charge in [-0.05, 0) is 39.2 Å². The molecule has 1 amide bonds. The fourth-order valence-electron chi connectivity index (χ4n) is 1.62. The molecule has 1 rings (SSSR count). The van der Waals surface area contributed by atoms with Crippen LogP contribution in [0.2, 0.25) is 0 Å². The molecule has 0 bridgehead atoms. The highest BCUT2D eigenvalue weighted by molar-refractivity contribution is 5.92. The standard InChI is InChI=1S/C14H24N4O2/c1-18(2)9-4-7-15-12-5-6-13(17-11-12)14(19)16-8-10-20-3/h5-6,11,15H,4,7-10H2,1-3H3,(H,16,19). The van der Waals surface area contributed by atoms with Crippen molar-refractivity contribution in [1.82, 2.24) is 15.2 Å². The monoisotopic (exact) mass is 280 g/mol. The highest BCUT2D eigenvalue weighted by atomic mass is 16.5. The molecule has 0 aliphatic heterocycles. The van der Waals surface area contributed by atoms with Gasteiger partial charge >= 0.3 is 0 Å². The van der Waals surface area contributed by atoms with Crippen LogP contribution in [0.3, 0.4) is 0 Å². The molecule has 1 aromatic heterocycles. The molecule has 112 valence electrons. The summed E-state index contributed by atoms with van der Waals surface area (Å²) in [5, 5.41) is 6.01. The van der Waals surface area contributed by atoms with Gasteiger partial charge in [-0.1, -0.05) is 0 Å². The summed E-state index contributed by atoms with van der Waals surface area (Å²) in [5.41, 5.74) is 1.34. The van der Waals surface area contributed by atoms with E-state index in [0.717, 1.165) is 25.2 Å². The minimum atomic E-state index is -0.179. The molecule has 0 fully saturated rings. The molecule has 0 aliphatic rings. The molecular formula is C14H24N4O2. The lowest BCUT2D eigenvalue weighted by atomic mass is 10.3. The number of rotatable bonds is 9. The maximum absolute atomic E-state index is 11.7. The van der Waals surface area contributed by atoms with E-state index in [9.17, 15) is 4.79 Å². The largest absolute Gasteiger partial charge is 0.384 e. The van der Waals surface area contributed by atoms with Crippen molar-refractivity contribution in [3.8, 4) is 0 Å². The zero-order valence-electron chi connectivity index (χ0n) is 12.5. The summed E-state index contributed by atoms with van der Waals surface area (Å²) in [6.45, 7) is 2.92. The van der Waals surface area contributed by atoms with Gasteiger partial charge in [0, 0.05) is 20.2 Å². The second-order valence-electron chi connectivity index (χ2n) is 4.76. The average Bonchev–Trinajstić information content (AvgIpc) is 2.44. The number of pyridine rings is 1. The average molecular weight is 280 g/mol. The fraction of sp³-hybridized carbons (Fsp3) is 0.571. The molecule has 1 heterocycles. The topological polar surface area (TPSA) is 66.5 Å². The first-order valence-corrected chi connectivity index (χ1v) is 6.75. The van der Waals surface area contributed by atoms with E-state index in [1.165, 1.54) is 0 Å². The number of nitrogens with one attached hydrogen (secondary N) is 2. The summed E-state index contributed by atoms with van der Waals surface area (Å²) in [6.07, 6.45) is 2.74. The number of aromatic nitrogens is 1. The second kappa shape index (κ2) is 9.28. The Morgan fingerprint density at radius 1 is 1.35 bits per heavy atom. The molecule has 0 aliphatic carbocycles. The van der Waals surface area contributed by atoms with Crippen molar-refractivity contribution in [2.24, 2.45) is 0 Å². The van der Waals surface area contributed by atoms with Crippen LogP contribution < -0.4 is 10.6 Å². The van der Waals surface area contributed by atoms with E-state index in [4.69, 9.17) is 4.74 Å². The number of anilines is 1. The summed E-state index contributed by atoms with van der Waals surface area (Å²) >= 11 is 0. The van der Waals surface area contributed by atoms with Crippen LogP contribution >= 0.6 is 0 Å². The van der Waals surface area contributed by atoms with Crippen molar-refractivity contribution in [3.05, 3.63) is 24.0 Å². The Hall–Kier alpha value is -1.66. The van der Waals surface area contributed by atoms with Crippen molar-refractivity contribution in [2.45, 2.75) is 6.42 Å². The Balaban J connectivity index is 2.34. The first-order valence-electron chi connectivity index (χ1n) is 6.75. The Morgan fingerprint density at radius 3 is 2.75 bits per heavy atom. The van der Waals surface area contributed by atoms with Crippen molar-refractivity contribution < 1.29 is 9.53 Å². The molecule has 20 heavy (non-hydrogen) atoms. The fourth-order valence-corrected chi connectivity index (χ4v) is 1.62. The van der Waals surface area contributed by atoms with Gasteiger partial charge in [-0.2, -0.15) is 0 Å². The van der Waals surface area contributed by atoms with Crippen molar-refractivity contribution >= 4 is 11.6 Å². The Kier molecular flexibility index (Phi) is 7.60. The highest BCUT2D eigenvalue weighted by Crippen LogP contribution is 2.06. The molecule has 6 nitrogen and oxygen atoms in total. The SMILES string of the molecule is COCCNC(=O)c1ccc(NCCCN(C)C)cn1. The lowest BCUT2D eigenvalue weighted by molar-refractivity contribution is 0.0932. The molecule has 0 radical (unpaired) electrons. The van der Waals surface area contributed by atoms with Crippen molar-refractivity contribution in [2.75, 3.05) is 52.8 Å². The molecule has 0 saturated heterocycles. The number of carbonyl (C=O) groups is 1. The summed E-state index contributed by atoms with van der Waals surface area (Å²) in [4.78, 5) is 18.0. The first-order chi connectivity index (χ1) is 9.63. The summed E-state index contributed by atoms with van der Waals surface area (Å²) < 4.78 is 4.87. The van der Waals surface area contributed by atoms with Crippen LogP contribution in [0.4, 0.5) is 5.69 Å². The third-order valence-electron chi connectivity index (χ3n) is 2.70. The van der Waals surface area contributed by atoms with Gasteiger partial charge in [0.1, 0.15) is 5.69 Å². The van der Waals surface area contributed by atoms with E-state index in [2.05, 4.69) is 34.6 Å². The molecule has 1 aromatic rings. The van der Waals surface area contributed by atoms with E-state index in [1.54, 1.807) is 19.4 Å². The predicted octanol–water partition coefficient (Wildman–Crippen LogP) is 0.821. The molecule has 0 spiro atoms. The predicted molar refractivity (Wildman–Crippen MR) is 80.1 cm³/mol. The van der Waals surface area contributed by atoms with Gasteiger partial charge in [0.15, 0.2) is 0 Å². The molecule has 0 unspecified atom stereocenters. The second-order valence-corrected chi connectivity index (χ2v) is 4.76. The normalized spacial score (nSPS) is 10.6. The van der Waals surface area contributed by atoms with E-state index in [0.29, 0.717) is 18.8 Å². The molecular weight excluding hydrogens is 256 g/mol. The summed E-state index contributed by atoms with van der Waals surface area (Å²) in [6, 6.07) is 3.59. The maximum atomic E-state index is 11.7. The van der Waals surface area contributed by atoms with E-state index in [1.807, 2.05) is 6.07 Å². The number of nitrogens with zero attached hydrogens (tertiary/aromatic N) is 2. The molecule has 0 aromatic carbocycles. The van der Waals surface area contributed by atoms with E-state index in [-0.39, 0.29) is 5.91 Å². The van der Waals surface area contributed by atoms with E-state index < -0.39 is 0 Å². The number of ether oxygens (including phenoxy) is 1. The highest BCUT2D eigenvalue weighted by Gasteiger charge is 2.05. The molecule has 0 saturated carbocycles. The smallest absolute Gasteiger partial charge is 0.269 e. The van der Waals surface area contributed by atoms with Gasteiger partial charge < -0.3 is 20.3 Å². The minimum absolute atomic E-state index is 0.179. The van der Waals surface area contributed by atoms with Gasteiger partial charge in [0.05, 0.1) is 18.5 Å². The summed E-state index contributed by atoms with van der Waals surface area (Å²) in [5.74, 6) is -0.179. The van der Waals surface area contributed by atoms with Crippen LogP contribution in [0.25, 0.3) is 0 Å². The zero-order valence-corrected chi connectivity index (χ0v) is 12.5. The minimum Gasteiger partial charge on any atom is -0.384 e. The third kappa shape index (κ3) is 6.49. The quantitative estimate of drug-likeness (QED) is 0.656. The van der Waals surface area contributed by atoms with E-state index >= 15 is 0 Å². The molecule has 0 atom stereocenters. The van der Waals surface area contributed by atoms with Gasteiger partial charge in [-0.15, -0.1) is 0 Å². The Morgan fingerprint density at radius 2 is 2.15 bits per heavy atom. The number of hydrogen-bond acceptors (Lipinski definition) is 5. The lowest BCUT2D eigenvalue weighted by Crippen LogP contribution is -2.27. The van der Waals surface area contributed by atoms with Gasteiger partial charge in [0.2, 0.25) is 0 Å². The van der Waals surface area contributed by atoms with Gasteiger partial charge in [-0.3, -0.25) is 4.79 Å². The van der Waals surface area contributed by atoms with Crippen LogP contribution in [0.5, 0.6) is 0 Å². The van der Waals surface area contributed by atoms with Crippen LogP contribution in [0.1, 0.15) is 16.9 Å². The van der Waals surface area contributed by atoms with Crippen LogP contribution in [0.15, 0.2) is 18.3 Å². The number of amides is 1. The Labute approximate surface area is 120 Å². The third-order valence-corrected chi connectivity index (χ3v) is 2.70. The summed E-state index contributed by atoms with van der Waals surface area (Å²) in [7, 11) is 5.71. The number of carbonyl (C=O) groups excluding carboxylic acids is 1. The first kappa shape index (κ1) is 16.4. The van der Waals surface area contributed by atoms with Crippen LogP contribution in [-0.4, -0.2) is 63.2 Å². The van der Waals surface area contributed by atoms with Crippen LogP contribution in [-0.2, 0) is 4.74 Å². The molecule has 2 N–H and O–H groups in total. The van der Waals surface area contributed by atoms with Crippen LogP contribution in [0, 0.1) is 0 Å².